The highest BCUT2D eigenvalue weighted by molar-refractivity contribution is 5.79. The number of nitrogens with zero attached hydrogens (tertiary/aromatic N) is 3. The fourth-order valence-corrected chi connectivity index (χ4v) is 4.41. The summed E-state index contributed by atoms with van der Waals surface area (Å²) in [6.07, 6.45) is 3.78. The first-order valence-electron chi connectivity index (χ1n) is 10.9. The van der Waals surface area contributed by atoms with E-state index in [-0.39, 0.29) is 0 Å². The fourth-order valence-electron chi connectivity index (χ4n) is 4.41. The number of benzene rings is 1. The number of likely N-dealkylation sites (N-methyl/N-ethyl adjacent to an activating group) is 1. The van der Waals surface area contributed by atoms with Crippen LogP contribution in [0.3, 0.4) is 0 Å². The van der Waals surface area contributed by atoms with Crippen LogP contribution < -0.4 is 20.3 Å². The summed E-state index contributed by atoms with van der Waals surface area (Å²) >= 11 is 0. The van der Waals surface area contributed by atoms with Gasteiger partial charge in [0.05, 0.1) is 12.8 Å². The Bertz CT molecular complexity index is 635. The number of rotatable bonds is 8. The van der Waals surface area contributed by atoms with Crippen LogP contribution in [0.4, 0.5) is 5.69 Å². The second kappa shape index (κ2) is 10.6. The van der Waals surface area contributed by atoms with Crippen molar-refractivity contribution in [1.29, 1.82) is 0 Å². The molecule has 0 aromatic heterocycles. The average Bonchev–Trinajstić information content (AvgIpc) is 3.39. The van der Waals surface area contributed by atoms with Gasteiger partial charge in [-0.15, -0.1) is 0 Å². The average molecular weight is 388 g/mol. The number of methoxy groups -OCH3 is 1. The second-order valence-electron chi connectivity index (χ2n) is 7.80. The molecule has 2 unspecified atom stereocenters. The third kappa shape index (κ3) is 5.31. The molecule has 0 saturated carbocycles. The van der Waals surface area contributed by atoms with Crippen LogP contribution in [0.2, 0.25) is 0 Å². The molecule has 0 bridgehead atoms. The molecule has 0 spiro atoms. The van der Waals surface area contributed by atoms with E-state index in [1.54, 1.807) is 7.11 Å². The molecule has 156 valence electrons. The van der Waals surface area contributed by atoms with Crippen LogP contribution in [0.1, 0.15) is 33.1 Å². The van der Waals surface area contributed by atoms with E-state index in [2.05, 4.69) is 46.4 Å². The summed E-state index contributed by atoms with van der Waals surface area (Å²) in [5.74, 6) is 2.50. The van der Waals surface area contributed by atoms with Gasteiger partial charge in [-0.1, -0.05) is 19.1 Å². The van der Waals surface area contributed by atoms with Gasteiger partial charge in [-0.3, -0.25) is 9.89 Å². The van der Waals surface area contributed by atoms with Gasteiger partial charge in [0.25, 0.3) is 0 Å². The number of para-hydroxylation sites is 2. The lowest BCUT2D eigenvalue weighted by Gasteiger charge is -2.24. The zero-order valence-electron chi connectivity index (χ0n) is 17.8. The molecule has 28 heavy (non-hydrogen) atoms. The molecule has 2 saturated heterocycles. The van der Waals surface area contributed by atoms with E-state index in [0.29, 0.717) is 12.0 Å². The van der Waals surface area contributed by atoms with Gasteiger partial charge in [-0.2, -0.15) is 0 Å². The molecule has 2 aliphatic rings. The Labute approximate surface area is 170 Å². The summed E-state index contributed by atoms with van der Waals surface area (Å²) < 4.78 is 5.53. The molecular formula is C22H37N5O. The number of hydrogen-bond donors (Lipinski definition) is 2. The van der Waals surface area contributed by atoms with Crippen molar-refractivity contribution in [1.82, 2.24) is 15.5 Å². The molecule has 0 aliphatic carbocycles. The molecule has 0 amide bonds. The molecule has 2 fully saturated rings. The predicted octanol–water partition coefficient (Wildman–Crippen LogP) is 2.56. The third-order valence-electron chi connectivity index (χ3n) is 5.97. The zero-order valence-corrected chi connectivity index (χ0v) is 17.8. The van der Waals surface area contributed by atoms with Crippen molar-refractivity contribution >= 4 is 11.6 Å². The van der Waals surface area contributed by atoms with Crippen LogP contribution in [0.5, 0.6) is 5.75 Å². The Morgan fingerprint density at radius 1 is 1.18 bits per heavy atom. The van der Waals surface area contributed by atoms with Gasteiger partial charge in [0.2, 0.25) is 0 Å². The van der Waals surface area contributed by atoms with Crippen molar-refractivity contribution in [2.24, 2.45) is 10.9 Å². The molecule has 2 atom stereocenters. The van der Waals surface area contributed by atoms with Crippen molar-refractivity contribution in [3.63, 3.8) is 0 Å². The quantitative estimate of drug-likeness (QED) is 0.530. The first kappa shape index (κ1) is 20.8. The van der Waals surface area contributed by atoms with Crippen molar-refractivity contribution in [3.8, 4) is 5.75 Å². The maximum atomic E-state index is 5.53. The van der Waals surface area contributed by atoms with E-state index in [1.165, 1.54) is 31.5 Å². The molecule has 2 heterocycles. The Kier molecular flexibility index (Phi) is 7.83. The Hall–Kier alpha value is -1.95. The van der Waals surface area contributed by atoms with Crippen molar-refractivity contribution < 1.29 is 4.74 Å². The Balaban J connectivity index is 1.52. The predicted molar refractivity (Wildman–Crippen MR) is 118 cm³/mol. The summed E-state index contributed by atoms with van der Waals surface area (Å²) in [5.41, 5.74) is 1.20. The fraction of sp³-hybridized carbons (Fsp3) is 0.682. The molecule has 1 aromatic rings. The number of anilines is 1. The van der Waals surface area contributed by atoms with Crippen LogP contribution in [0.15, 0.2) is 29.3 Å². The van der Waals surface area contributed by atoms with E-state index >= 15 is 0 Å². The minimum Gasteiger partial charge on any atom is -0.495 e. The maximum Gasteiger partial charge on any atom is 0.191 e. The van der Waals surface area contributed by atoms with Crippen molar-refractivity contribution in [2.45, 2.75) is 39.2 Å². The molecule has 1 aromatic carbocycles. The van der Waals surface area contributed by atoms with Gasteiger partial charge in [-0.05, 0) is 57.3 Å². The molecule has 2 aliphatic heterocycles. The SMILES string of the molecule is CCNC(=NCC1CCN(c2ccccc2OC)C1)NCC1CCCN1CC. The zero-order chi connectivity index (χ0) is 19.8. The van der Waals surface area contributed by atoms with E-state index in [9.17, 15) is 0 Å². The van der Waals surface area contributed by atoms with Crippen LogP contribution in [0.25, 0.3) is 0 Å². The van der Waals surface area contributed by atoms with Crippen LogP contribution in [-0.2, 0) is 0 Å². The summed E-state index contributed by atoms with van der Waals surface area (Å²) in [5, 5.41) is 6.99. The Morgan fingerprint density at radius 3 is 2.82 bits per heavy atom. The standard InChI is InChI=1S/C22H37N5O/c1-4-23-22(25-16-19-9-8-13-26(19)5-2)24-15-18-12-14-27(17-18)20-10-6-7-11-21(20)28-3/h6-7,10-11,18-19H,4-5,8-9,12-17H2,1-3H3,(H2,23,24,25). The minimum absolute atomic E-state index is 0.582. The lowest BCUT2D eigenvalue weighted by atomic mass is 10.1. The minimum atomic E-state index is 0.582. The number of aliphatic imine (C=N–C) groups is 1. The van der Waals surface area contributed by atoms with Crippen molar-refractivity contribution in [2.75, 3.05) is 57.8 Å². The lowest BCUT2D eigenvalue weighted by Crippen LogP contribution is -2.45. The van der Waals surface area contributed by atoms with E-state index in [4.69, 9.17) is 9.73 Å². The van der Waals surface area contributed by atoms with Gasteiger partial charge in [0.1, 0.15) is 5.75 Å². The lowest BCUT2D eigenvalue weighted by molar-refractivity contribution is 0.267. The van der Waals surface area contributed by atoms with E-state index in [0.717, 1.165) is 51.0 Å². The maximum absolute atomic E-state index is 5.53. The highest BCUT2D eigenvalue weighted by Gasteiger charge is 2.25. The summed E-state index contributed by atoms with van der Waals surface area (Å²) in [7, 11) is 1.75. The summed E-state index contributed by atoms with van der Waals surface area (Å²) in [6, 6.07) is 8.94. The second-order valence-corrected chi connectivity index (χ2v) is 7.80. The number of ether oxygens (including phenoxy) is 1. The highest BCUT2D eigenvalue weighted by atomic mass is 16.5. The van der Waals surface area contributed by atoms with Gasteiger partial charge >= 0.3 is 0 Å². The summed E-state index contributed by atoms with van der Waals surface area (Å²) in [6.45, 7) is 11.6. The number of nitrogens with one attached hydrogen (secondary N) is 2. The molecular weight excluding hydrogens is 350 g/mol. The van der Waals surface area contributed by atoms with Gasteiger partial charge in [-0.25, -0.2) is 0 Å². The summed E-state index contributed by atoms with van der Waals surface area (Å²) in [4.78, 5) is 9.89. The monoisotopic (exact) mass is 387 g/mol. The first-order valence-corrected chi connectivity index (χ1v) is 10.9. The molecule has 6 heteroatoms. The molecule has 6 nitrogen and oxygen atoms in total. The van der Waals surface area contributed by atoms with E-state index < -0.39 is 0 Å². The number of guanidine groups is 1. The molecule has 2 N–H and O–H groups in total. The van der Waals surface area contributed by atoms with Gasteiger partial charge in [0.15, 0.2) is 5.96 Å². The van der Waals surface area contributed by atoms with Gasteiger partial charge in [0, 0.05) is 38.8 Å². The normalized spacial score (nSPS) is 23.2. The first-order chi connectivity index (χ1) is 13.7. The van der Waals surface area contributed by atoms with E-state index in [1.807, 2.05) is 12.1 Å². The van der Waals surface area contributed by atoms with Crippen molar-refractivity contribution in [3.05, 3.63) is 24.3 Å². The number of likely N-dealkylation sites (tertiary alicyclic amines) is 1. The van der Waals surface area contributed by atoms with Crippen LogP contribution >= 0.6 is 0 Å². The molecule has 3 rings (SSSR count). The van der Waals surface area contributed by atoms with Crippen LogP contribution in [0, 0.1) is 5.92 Å². The van der Waals surface area contributed by atoms with Crippen LogP contribution in [-0.4, -0.2) is 69.8 Å². The smallest absolute Gasteiger partial charge is 0.191 e. The topological polar surface area (TPSA) is 52.1 Å². The molecule has 0 radical (unpaired) electrons. The number of hydrogen-bond acceptors (Lipinski definition) is 4. The third-order valence-corrected chi connectivity index (χ3v) is 5.97. The largest absolute Gasteiger partial charge is 0.495 e. The highest BCUT2D eigenvalue weighted by Crippen LogP contribution is 2.31. The van der Waals surface area contributed by atoms with Gasteiger partial charge < -0.3 is 20.3 Å². The Morgan fingerprint density at radius 2 is 2.04 bits per heavy atom.